The number of likely N-dealkylation sites (tertiary alicyclic amines) is 1. The molecule has 10 nitrogen and oxygen atoms in total. The van der Waals surface area contributed by atoms with Crippen molar-refractivity contribution in [3.05, 3.63) is 70.8 Å². The van der Waals surface area contributed by atoms with Crippen LogP contribution >= 0.6 is 11.3 Å². The molecule has 1 unspecified atom stereocenters. The molecule has 0 bridgehead atoms. The Labute approximate surface area is 263 Å². The van der Waals surface area contributed by atoms with Gasteiger partial charge in [-0.05, 0) is 60.2 Å². The van der Waals surface area contributed by atoms with E-state index in [0.29, 0.717) is 35.1 Å². The minimum Gasteiger partial charge on any atom is -0.333 e. The van der Waals surface area contributed by atoms with E-state index in [1.54, 1.807) is 35.4 Å². The van der Waals surface area contributed by atoms with Gasteiger partial charge in [-0.25, -0.2) is 13.8 Å². The summed E-state index contributed by atoms with van der Waals surface area (Å²) in [4.78, 5) is 34.6. The summed E-state index contributed by atoms with van der Waals surface area (Å²) in [6, 6.07) is 14.4. The number of nitrogens with zero attached hydrogens (tertiary/aromatic N) is 6. The Balaban J connectivity index is 1.45. The number of thiophene rings is 1. The molecule has 45 heavy (non-hydrogen) atoms. The maximum absolute atomic E-state index is 13.5. The van der Waals surface area contributed by atoms with Crippen LogP contribution in [-0.4, -0.2) is 62.0 Å². The lowest BCUT2D eigenvalue weighted by molar-refractivity contribution is -0.127. The van der Waals surface area contributed by atoms with Gasteiger partial charge < -0.3 is 14.8 Å². The number of fused-ring (bicyclic) bond motifs is 1. The lowest BCUT2D eigenvalue weighted by Crippen LogP contribution is -2.39. The molecule has 0 saturated carbocycles. The van der Waals surface area contributed by atoms with Crippen molar-refractivity contribution in [2.75, 3.05) is 18.4 Å². The van der Waals surface area contributed by atoms with Crippen LogP contribution in [0.2, 0.25) is 0 Å². The first-order valence-corrected chi connectivity index (χ1v) is 15.5. The number of carbonyl (C=O) groups is 2. The van der Waals surface area contributed by atoms with Crippen molar-refractivity contribution in [1.82, 2.24) is 30.0 Å². The van der Waals surface area contributed by atoms with Crippen molar-refractivity contribution in [2.24, 2.45) is 5.41 Å². The molecule has 234 valence electrons. The van der Waals surface area contributed by atoms with Crippen LogP contribution in [-0.2, 0) is 17.9 Å². The fourth-order valence-electron chi connectivity index (χ4n) is 5.32. The van der Waals surface area contributed by atoms with Crippen LogP contribution in [0.4, 0.5) is 14.7 Å². The molecular weight excluding hydrogens is 598 g/mol. The number of imidazole rings is 1. The fourth-order valence-corrected chi connectivity index (χ4v) is 6.18. The Kier molecular flexibility index (Phi) is 9.65. The lowest BCUT2D eigenvalue weighted by atomic mass is 9.93. The van der Waals surface area contributed by atoms with Crippen LogP contribution in [0, 0.1) is 16.7 Å². The van der Waals surface area contributed by atoms with E-state index >= 15 is 0 Å². The maximum Gasteiger partial charge on any atom is 0.268 e. The number of halogens is 2. The second-order valence-corrected chi connectivity index (χ2v) is 13.0. The van der Waals surface area contributed by atoms with E-state index in [9.17, 15) is 23.6 Å². The third-order valence-electron chi connectivity index (χ3n) is 7.28. The van der Waals surface area contributed by atoms with E-state index in [1.165, 1.54) is 11.3 Å². The number of amides is 2. The molecule has 2 amide bonds. The average molecular weight is 633 g/mol. The van der Waals surface area contributed by atoms with Gasteiger partial charge in [-0.2, -0.15) is 10.4 Å². The van der Waals surface area contributed by atoms with Gasteiger partial charge in [0.2, 0.25) is 5.95 Å². The Morgan fingerprint density at radius 3 is 2.76 bits per heavy atom. The van der Waals surface area contributed by atoms with Gasteiger partial charge in [0.1, 0.15) is 17.3 Å². The van der Waals surface area contributed by atoms with Crippen molar-refractivity contribution < 1.29 is 18.4 Å². The van der Waals surface area contributed by atoms with Crippen molar-refractivity contribution in [3.63, 3.8) is 0 Å². The molecule has 0 spiro atoms. The van der Waals surface area contributed by atoms with Gasteiger partial charge in [-0.1, -0.05) is 32.9 Å². The number of hydrogen-bond acceptors (Lipinski definition) is 8. The monoisotopic (exact) mass is 632 g/mol. The van der Waals surface area contributed by atoms with Crippen LogP contribution < -0.4 is 10.6 Å². The van der Waals surface area contributed by atoms with E-state index in [4.69, 9.17) is 4.98 Å². The summed E-state index contributed by atoms with van der Waals surface area (Å²) in [5.41, 5.74) is 2.49. The van der Waals surface area contributed by atoms with E-state index in [1.807, 2.05) is 49.6 Å². The number of carbonyl (C=O) groups excluding carboxylic acids is 2. The normalized spacial score (nSPS) is 15.5. The zero-order valence-corrected chi connectivity index (χ0v) is 26.1. The zero-order valence-electron chi connectivity index (χ0n) is 25.3. The third-order valence-corrected chi connectivity index (χ3v) is 8.39. The molecule has 2 N–H and O–H groups in total. The minimum absolute atomic E-state index is 0.107. The molecule has 0 radical (unpaired) electrons. The topological polar surface area (TPSA) is 129 Å². The highest BCUT2D eigenvalue weighted by Crippen LogP contribution is 2.30. The van der Waals surface area contributed by atoms with E-state index in [0.717, 1.165) is 28.8 Å². The Morgan fingerprint density at radius 1 is 1.22 bits per heavy atom. The van der Waals surface area contributed by atoms with Gasteiger partial charge in [0.15, 0.2) is 0 Å². The molecule has 1 aliphatic rings. The first-order chi connectivity index (χ1) is 21.5. The molecule has 1 aliphatic heterocycles. The maximum atomic E-state index is 13.5. The summed E-state index contributed by atoms with van der Waals surface area (Å²) in [6.45, 7) is 6.47. The molecule has 13 heteroatoms. The standard InChI is InChI=1S/C32H34F2N8O2S/c1-32(2,3)15-21(16-35)30(44)41-13-5-6-22(41)19-42-25-9-8-20(17-36-18-28(33)34)14-24(25)38-31(42)39-29(43)27-11-10-26(45-27)23-7-4-12-37-40-23/h4,7-12,14-15,22,28,36H,5-6,13,17-19H2,1-3H3,(H,38,39,43). The van der Waals surface area contributed by atoms with E-state index in [-0.39, 0.29) is 35.4 Å². The van der Waals surface area contributed by atoms with Crippen molar-refractivity contribution in [1.29, 1.82) is 5.26 Å². The molecule has 1 aromatic carbocycles. The first-order valence-electron chi connectivity index (χ1n) is 14.6. The third kappa shape index (κ3) is 7.76. The first kappa shape index (κ1) is 31.9. The smallest absolute Gasteiger partial charge is 0.268 e. The van der Waals surface area contributed by atoms with Crippen LogP contribution in [0.5, 0.6) is 0 Å². The average Bonchev–Trinajstić information content (AvgIpc) is 3.75. The number of hydrogen-bond donors (Lipinski definition) is 2. The number of nitriles is 1. The van der Waals surface area contributed by atoms with Gasteiger partial charge in [0, 0.05) is 25.8 Å². The molecular formula is C32H34F2N8O2S. The molecule has 0 aliphatic carbocycles. The molecule has 4 heterocycles. The molecule has 1 atom stereocenters. The second-order valence-electron chi connectivity index (χ2n) is 11.9. The molecule has 1 saturated heterocycles. The summed E-state index contributed by atoms with van der Waals surface area (Å²) >= 11 is 1.28. The number of alkyl halides is 2. The highest BCUT2D eigenvalue weighted by Gasteiger charge is 2.32. The van der Waals surface area contributed by atoms with Gasteiger partial charge >= 0.3 is 0 Å². The quantitative estimate of drug-likeness (QED) is 0.171. The van der Waals surface area contributed by atoms with E-state index < -0.39 is 13.0 Å². The summed E-state index contributed by atoms with van der Waals surface area (Å²) in [5.74, 6) is -0.371. The molecule has 4 aromatic rings. The summed E-state index contributed by atoms with van der Waals surface area (Å²) < 4.78 is 27.2. The number of anilines is 1. The van der Waals surface area contributed by atoms with Gasteiger partial charge in [-0.3, -0.25) is 14.9 Å². The molecule has 5 rings (SSSR count). The molecule has 1 fully saturated rings. The van der Waals surface area contributed by atoms with E-state index in [2.05, 4.69) is 26.9 Å². The number of allylic oxidation sites excluding steroid dienone is 1. The summed E-state index contributed by atoms with van der Waals surface area (Å²) in [7, 11) is 0. The largest absolute Gasteiger partial charge is 0.333 e. The van der Waals surface area contributed by atoms with Crippen LogP contribution in [0.15, 0.2) is 60.3 Å². The Morgan fingerprint density at radius 2 is 2.04 bits per heavy atom. The highest BCUT2D eigenvalue weighted by atomic mass is 32.1. The van der Waals surface area contributed by atoms with Gasteiger partial charge in [-0.15, -0.1) is 16.4 Å². The zero-order chi connectivity index (χ0) is 32.1. The minimum atomic E-state index is -2.46. The predicted molar refractivity (Wildman–Crippen MR) is 169 cm³/mol. The lowest BCUT2D eigenvalue weighted by Gasteiger charge is -2.26. The second kappa shape index (κ2) is 13.6. The van der Waals surface area contributed by atoms with Crippen molar-refractivity contribution in [3.8, 4) is 16.6 Å². The summed E-state index contributed by atoms with van der Waals surface area (Å²) in [6.07, 6.45) is 2.31. The predicted octanol–water partition coefficient (Wildman–Crippen LogP) is 5.65. The van der Waals surface area contributed by atoms with Gasteiger partial charge in [0.05, 0.1) is 33.4 Å². The highest BCUT2D eigenvalue weighted by molar-refractivity contribution is 7.17. The SMILES string of the molecule is CC(C)(C)C=C(C#N)C(=O)N1CCCC1Cn1c(NC(=O)c2ccc(-c3cccnn3)s2)nc2cc(CNCC(F)F)ccc21. The van der Waals surface area contributed by atoms with Crippen molar-refractivity contribution in [2.45, 2.75) is 59.2 Å². The van der Waals surface area contributed by atoms with Crippen LogP contribution in [0.3, 0.4) is 0 Å². The number of benzene rings is 1. The number of nitrogens with one attached hydrogen (secondary N) is 2. The Bertz CT molecular complexity index is 1750. The summed E-state index contributed by atoms with van der Waals surface area (Å²) in [5, 5.41) is 23.5. The van der Waals surface area contributed by atoms with Crippen molar-refractivity contribution >= 4 is 40.1 Å². The Hall–Kier alpha value is -4.54. The van der Waals surface area contributed by atoms with Crippen LogP contribution in [0.1, 0.15) is 48.8 Å². The van der Waals surface area contributed by atoms with Crippen LogP contribution in [0.25, 0.3) is 21.6 Å². The molecule has 3 aromatic heterocycles. The number of rotatable bonds is 10. The number of aromatic nitrogens is 4. The van der Waals surface area contributed by atoms with Gasteiger partial charge in [0.25, 0.3) is 18.2 Å². The fraction of sp³-hybridized carbons (Fsp3) is 0.375.